The van der Waals surface area contributed by atoms with Gasteiger partial charge in [-0.05, 0) is 54.1 Å². The van der Waals surface area contributed by atoms with Gasteiger partial charge < -0.3 is 4.74 Å². The highest BCUT2D eigenvalue weighted by Gasteiger charge is 1.92. The molecule has 0 saturated heterocycles. The maximum absolute atomic E-state index is 8.69. The Morgan fingerprint density at radius 3 is 2.21 bits per heavy atom. The SMILES string of the molecule is Br.COc1ccc(C=Nc2ccc(C#N)cc2)cc1. The van der Waals surface area contributed by atoms with Gasteiger partial charge >= 0.3 is 0 Å². The van der Waals surface area contributed by atoms with Crippen LogP contribution in [0.25, 0.3) is 0 Å². The lowest BCUT2D eigenvalue weighted by molar-refractivity contribution is 0.415. The summed E-state index contributed by atoms with van der Waals surface area (Å²) in [5.41, 5.74) is 2.46. The van der Waals surface area contributed by atoms with Crippen molar-refractivity contribution in [1.82, 2.24) is 0 Å². The summed E-state index contributed by atoms with van der Waals surface area (Å²) in [5.74, 6) is 0.825. The van der Waals surface area contributed by atoms with E-state index in [4.69, 9.17) is 10.00 Å². The number of benzene rings is 2. The van der Waals surface area contributed by atoms with E-state index in [0.29, 0.717) is 5.56 Å². The fraction of sp³-hybridized carbons (Fsp3) is 0.0667. The fourth-order valence-electron chi connectivity index (χ4n) is 1.46. The van der Waals surface area contributed by atoms with Crippen LogP contribution in [0.3, 0.4) is 0 Å². The van der Waals surface area contributed by atoms with Crippen LogP contribution in [0, 0.1) is 11.3 Å². The normalized spacial score (nSPS) is 9.68. The van der Waals surface area contributed by atoms with Crippen LogP contribution in [-0.4, -0.2) is 13.3 Å². The second-order valence-electron chi connectivity index (χ2n) is 3.69. The van der Waals surface area contributed by atoms with Gasteiger partial charge in [0.1, 0.15) is 5.75 Å². The molecule has 0 aliphatic rings. The Hall–Kier alpha value is -2.12. The van der Waals surface area contributed by atoms with Crippen molar-refractivity contribution in [2.24, 2.45) is 4.99 Å². The number of hydrogen-bond acceptors (Lipinski definition) is 3. The molecule has 0 aromatic heterocycles. The average molecular weight is 317 g/mol. The summed E-state index contributed by atoms with van der Waals surface area (Å²) in [6.07, 6.45) is 1.78. The lowest BCUT2D eigenvalue weighted by Gasteiger charge is -1.99. The minimum Gasteiger partial charge on any atom is -0.497 e. The first-order valence-electron chi connectivity index (χ1n) is 5.50. The molecule has 0 N–H and O–H groups in total. The molecule has 0 atom stereocenters. The third-order valence-corrected chi connectivity index (χ3v) is 2.47. The van der Waals surface area contributed by atoms with Crippen LogP contribution in [0.2, 0.25) is 0 Å². The summed E-state index contributed by atoms with van der Waals surface area (Å²) in [7, 11) is 1.64. The Kier molecular flexibility index (Phi) is 5.77. The summed E-state index contributed by atoms with van der Waals surface area (Å²) in [6, 6.07) is 16.9. The maximum atomic E-state index is 8.69. The van der Waals surface area contributed by atoms with E-state index >= 15 is 0 Å². The average Bonchev–Trinajstić information content (AvgIpc) is 2.46. The van der Waals surface area contributed by atoms with Crippen molar-refractivity contribution >= 4 is 28.9 Å². The number of rotatable bonds is 3. The van der Waals surface area contributed by atoms with Gasteiger partial charge in [-0.3, -0.25) is 4.99 Å². The van der Waals surface area contributed by atoms with E-state index in [1.807, 2.05) is 36.4 Å². The molecule has 0 aliphatic carbocycles. The van der Waals surface area contributed by atoms with Crippen LogP contribution < -0.4 is 4.74 Å². The lowest BCUT2D eigenvalue weighted by atomic mass is 10.2. The maximum Gasteiger partial charge on any atom is 0.118 e. The number of ether oxygens (including phenoxy) is 1. The van der Waals surface area contributed by atoms with Gasteiger partial charge in [-0.25, -0.2) is 0 Å². The molecule has 96 valence electrons. The second kappa shape index (κ2) is 7.34. The van der Waals surface area contributed by atoms with Gasteiger partial charge in [-0.15, -0.1) is 17.0 Å². The number of nitriles is 1. The molecule has 2 aromatic rings. The zero-order valence-corrected chi connectivity index (χ0v) is 12.1. The molecule has 0 unspecified atom stereocenters. The first-order chi connectivity index (χ1) is 8.81. The number of halogens is 1. The topological polar surface area (TPSA) is 45.4 Å². The molecule has 0 spiro atoms. The van der Waals surface area contributed by atoms with Crippen LogP contribution in [-0.2, 0) is 0 Å². The largest absolute Gasteiger partial charge is 0.497 e. The van der Waals surface area contributed by atoms with E-state index in [2.05, 4.69) is 11.1 Å². The molecular formula is C15H13BrN2O. The standard InChI is InChI=1S/C15H12N2O.BrH/c1-18-15-8-4-13(5-9-15)11-17-14-6-2-12(10-16)3-7-14;/h2-9,11H,1H3;1H. The quantitative estimate of drug-likeness (QED) is 0.806. The van der Waals surface area contributed by atoms with E-state index in [1.54, 1.807) is 25.5 Å². The van der Waals surface area contributed by atoms with Crippen molar-refractivity contribution in [3.63, 3.8) is 0 Å². The molecule has 0 amide bonds. The van der Waals surface area contributed by atoms with Gasteiger partial charge in [-0.1, -0.05) is 0 Å². The number of hydrogen-bond donors (Lipinski definition) is 0. The Morgan fingerprint density at radius 1 is 1.05 bits per heavy atom. The molecule has 19 heavy (non-hydrogen) atoms. The monoisotopic (exact) mass is 316 g/mol. The van der Waals surface area contributed by atoms with Crippen molar-refractivity contribution in [2.75, 3.05) is 7.11 Å². The van der Waals surface area contributed by atoms with Crippen molar-refractivity contribution in [3.05, 3.63) is 59.7 Å². The van der Waals surface area contributed by atoms with E-state index in [9.17, 15) is 0 Å². The van der Waals surface area contributed by atoms with Crippen LogP contribution in [0.1, 0.15) is 11.1 Å². The highest BCUT2D eigenvalue weighted by molar-refractivity contribution is 8.93. The predicted molar refractivity (Wildman–Crippen MR) is 81.7 cm³/mol. The third-order valence-electron chi connectivity index (χ3n) is 2.47. The Morgan fingerprint density at radius 2 is 1.68 bits per heavy atom. The van der Waals surface area contributed by atoms with Crippen molar-refractivity contribution in [3.8, 4) is 11.8 Å². The predicted octanol–water partition coefficient (Wildman–Crippen LogP) is 3.90. The van der Waals surface area contributed by atoms with Crippen molar-refractivity contribution in [2.45, 2.75) is 0 Å². The van der Waals surface area contributed by atoms with Gasteiger partial charge in [-0.2, -0.15) is 5.26 Å². The summed E-state index contributed by atoms with van der Waals surface area (Å²) in [5, 5.41) is 8.69. The van der Waals surface area contributed by atoms with Crippen molar-refractivity contribution < 1.29 is 4.74 Å². The van der Waals surface area contributed by atoms with Crippen LogP contribution in [0.15, 0.2) is 53.5 Å². The van der Waals surface area contributed by atoms with E-state index in [0.717, 1.165) is 17.0 Å². The van der Waals surface area contributed by atoms with E-state index in [-0.39, 0.29) is 17.0 Å². The minimum absolute atomic E-state index is 0. The summed E-state index contributed by atoms with van der Waals surface area (Å²) in [4.78, 5) is 4.33. The summed E-state index contributed by atoms with van der Waals surface area (Å²) < 4.78 is 5.08. The van der Waals surface area contributed by atoms with E-state index in [1.165, 1.54) is 0 Å². The number of nitrogens with zero attached hydrogens (tertiary/aromatic N) is 2. The summed E-state index contributed by atoms with van der Waals surface area (Å²) >= 11 is 0. The van der Waals surface area contributed by atoms with Gasteiger partial charge in [0.2, 0.25) is 0 Å². The van der Waals surface area contributed by atoms with Crippen LogP contribution in [0.5, 0.6) is 5.75 Å². The lowest BCUT2D eigenvalue weighted by Crippen LogP contribution is -1.84. The Balaban J connectivity index is 0.00000180. The molecule has 0 fully saturated rings. The smallest absolute Gasteiger partial charge is 0.118 e. The molecule has 0 saturated carbocycles. The molecule has 4 heteroatoms. The zero-order chi connectivity index (χ0) is 12.8. The molecule has 0 aliphatic heterocycles. The van der Waals surface area contributed by atoms with Crippen LogP contribution in [0.4, 0.5) is 5.69 Å². The van der Waals surface area contributed by atoms with Crippen molar-refractivity contribution in [1.29, 1.82) is 5.26 Å². The highest BCUT2D eigenvalue weighted by atomic mass is 79.9. The second-order valence-corrected chi connectivity index (χ2v) is 3.69. The van der Waals surface area contributed by atoms with Gasteiger partial charge in [0, 0.05) is 6.21 Å². The molecule has 3 nitrogen and oxygen atoms in total. The first-order valence-corrected chi connectivity index (χ1v) is 5.50. The molecule has 0 radical (unpaired) electrons. The molecule has 0 bridgehead atoms. The number of methoxy groups -OCH3 is 1. The highest BCUT2D eigenvalue weighted by Crippen LogP contribution is 2.14. The Bertz CT molecular complexity index is 583. The van der Waals surface area contributed by atoms with Gasteiger partial charge in [0.25, 0.3) is 0 Å². The van der Waals surface area contributed by atoms with Gasteiger partial charge in [0.05, 0.1) is 24.4 Å². The van der Waals surface area contributed by atoms with E-state index < -0.39 is 0 Å². The molecular weight excluding hydrogens is 304 g/mol. The fourth-order valence-corrected chi connectivity index (χ4v) is 1.46. The Labute approximate surface area is 122 Å². The first kappa shape index (κ1) is 14.9. The number of aliphatic imine (C=N–C) groups is 1. The summed E-state index contributed by atoms with van der Waals surface area (Å²) in [6.45, 7) is 0. The zero-order valence-electron chi connectivity index (χ0n) is 10.4. The van der Waals surface area contributed by atoms with Crippen LogP contribution >= 0.6 is 17.0 Å². The molecule has 2 aromatic carbocycles. The van der Waals surface area contributed by atoms with Gasteiger partial charge in [0.15, 0.2) is 0 Å². The minimum atomic E-state index is 0. The third kappa shape index (κ3) is 4.23. The molecule has 2 rings (SSSR count). The molecule has 0 heterocycles.